The number of benzene rings is 1. The Bertz CT molecular complexity index is 352. The number of aryl methyl sites for hydroxylation is 1. The fraction of sp³-hybridized carbons (Fsp3) is 0.125. The van der Waals surface area contributed by atoms with Crippen LogP contribution < -0.4 is 11.3 Å². The highest BCUT2D eigenvalue weighted by atomic mass is 79.9. The summed E-state index contributed by atoms with van der Waals surface area (Å²) in [5, 5.41) is 8.80. The van der Waals surface area contributed by atoms with Gasteiger partial charge in [-0.3, -0.25) is 5.84 Å². The molecule has 5 heteroatoms. The molecule has 0 aromatic heterocycles. The first-order valence-corrected chi connectivity index (χ1v) is 4.35. The maximum absolute atomic E-state index is 10.7. The highest BCUT2D eigenvalue weighted by Gasteiger charge is 2.11. The van der Waals surface area contributed by atoms with Crippen molar-refractivity contribution in [3.05, 3.63) is 27.7 Å². The van der Waals surface area contributed by atoms with E-state index in [1.165, 1.54) is 0 Å². The number of carboxylic acid groups (broad SMARTS) is 1. The maximum atomic E-state index is 10.7. The zero-order valence-corrected chi connectivity index (χ0v) is 8.55. The predicted octanol–water partition coefficient (Wildman–Crippen LogP) is 1.74. The van der Waals surface area contributed by atoms with Crippen LogP contribution in [0.2, 0.25) is 0 Å². The number of halogens is 1. The van der Waals surface area contributed by atoms with E-state index in [4.69, 9.17) is 10.9 Å². The molecule has 0 atom stereocenters. The standard InChI is InChI=1S/C8H9BrN2O2/c1-4-2-5(8(12)13)7(11-10)3-6(4)9/h2-3,11H,10H2,1H3,(H,12,13). The third-order valence-corrected chi connectivity index (χ3v) is 2.54. The number of nitrogen functional groups attached to an aromatic ring is 1. The Labute approximate surface area is 83.8 Å². The first kappa shape index (κ1) is 10.0. The summed E-state index contributed by atoms with van der Waals surface area (Å²) in [6.45, 7) is 1.82. The highest BCUT2D eigenvalue weighted by molar-refractivity contribution is 9.10. The van der Waals surface area contributed by atoms with Crippen LogP contribution in [-0.4, -0.2) is 11.1 Å². The molecule has 0 heterocycles. The fourth-order valence-corrected chi connectivity index (χ4v) is 1.32. The minimum Gasteiger partial charge on any atom is -0.478 e. The van der Waals surface area contributed by atoms with Crippen LogP contribution in [0.1, 0.15) is 15.9 Å². The molecular formula is C8H9BrN2O2. The van der Waals surface area contributed by atoms with Crippen LogP contribution in [-0.2, 0) is 0 Å². The maximum Gasteiger partial charge on any atom is 0.337 e. The summed E-state index contributed by atoms with van der Waals surface area (Å²) in [5.74, 6) is 4.18. The molecule has 13 heavy (non-hydrogen) atoms. The second kappa shape index (κ2) is 3.76. The van der Waals surface area contributed by atoms with E-state index in [2.05, 4.69) is 21.4 Å². The van der Waals surface area contributed by atoms with Crippen molar-refractivity contribution in [1.29, 1.82) is 0 Å². The summed E-state index contributed by atoms with van der Waals surface area (Å²) in [7, 11) is 0. The van der Waals surface area contributed by atoms with Crippen molar-refractivity contribution >= 4 is 27.6 Å². The van der Waals surface area contributed by atoms with Crippen LogP contribution in [0.5, 0.6) is 0 Å². The second-order valence-electron chi connectivity index (χ2n) is 2.60. The topological polar surface area (TPSA) is 75.3 Å². The van der Waals surface area contributed by atoms with Crippen molar-refractivity contribution in [2.24, 2.45) is 5.84 Å². The van der Waals surface area contributed by atoms with E-state index in [1.54, 1.807) is 12.1 Å². The molecule has 0 saturated carbocycles. The molecule has 4 nitrogen and oxygen atoms in total. The Hall–Kier alpha value is -1.07. The van der Waals surface area contributed by atoms with E-state index >= 15 is 0 Å². The molecular weight excluding hydrogens is 236 g/mol. The fourth-order valence-electron chi connectivity index (χ4n) is 0.978. The summed E-state index contributed by atoms with van der Waals surface area (Å²) in [4.78, 5) is 10.7. The summed E-state index contributed by atoms with van der Waals surface area (Å²) < 4.78 is 0.824. The minimum atomic E-state index is -0.997. The molecule has 0 aliphatic heterocycles. The van der Waals surface area contributed by atoms with E-state index in [0.717, 1.165) is 10.0 Å². The molecule has 0 spiro atoms. The number of hydrogen-bond donors (Lipinski definition) is 3. The van der Waals surface area contributed by atoms with E-state index in [-0.39, 0.29) is 5.56 Å². The zero-order chi connectivity index (χ0) is 10.0. The normalized spacial score (nSPS) is 9.77. The molecule has 1 aromatic carbocycles. The number of aromatic carboxylic acids is 1. The molecule has 4 N–H and O–H groups in total. The monoisotopic (exact) mass is 244 g/mol. The molecule has 0 unspecified atom stereocenters. The van der Waals surface area contributed by atoms with Gasteiger partial charge >= 0.3 is 5.97 Å². The lowest BCUT2D eigenvalue weighted by Crippen LogP contribution is -2.12. The van der Waals surface area contributed by atoms with Crippen LogP contribution in [0.3, 0.4) is 0 Å². The van der Waals surface area contributed by atoms with Gasteiger partial charge in [-0.2, -0.15) is 0 Å². The van der Waals surface area contributed by atoms with Crippen LogP contribution >= 0.6 is 15.9 Å². The zero-order valence-electron chi connectivity index (χ0n) is 6.97. The largest absolute Gasteiger partial charge is 0.478 e. The molecule has 0 amide bonds. The lowest BCUT2D eigenvalue weighted by molar-refractivity contribution is 0.0698. The van der Waals surface area contributed by atoms with Gasteiger partial charge in [-0.05, 0) is 24.6 Å². The number of nitrogens with one attached hydrogen (secondary N) is 1. The first-order valence-electron chi connectivity index (χ1n) is 3.56. The second-order valence-corrected chi connectivity index (χ2v) is 3.45. The summed E-state index contributed by atoms with van der Waals surface area (Å²) in [5.41, 5.74) is 3.76. The molecule has 0 aliphatic carbocycles. The van der Waals surface area contributed by atoms with Gasteiger partial charge < -0.3 is 10.5 Å². The van der Waals surface area contributed by atoms with E-state index in [1.807, 2.05) is 6.92 Å². The lowest BCUT2D eigenvalue weighted by atomic mass is 10.1. The number of rotatable bonds is 2. The van der Waals surface area contributed by atoms with E-state index in [9.17, 15) is 4.79 Å². The van der Waals surface area contributed by atoms with Crippen molar-refractivity contribution < 1.29 is 9.90 Å². The number of carbonyl (C=O) groups is 1. The summed E-state index contributed by atoms with van der Waals surface area (Å²) in [6, 6.07) is 3.19. The molecule has 0 saturated heterocycles. The van der Waals surface area contributed by atoms with E-state index in [0.29, 0.717) is 5.69 Å². The SMILES string of the molecule is Cc1cc(C(=O)O)c(NN)cc1Br. The number of carboxylic acids is 1. The van der Waals surface area contributed by atoms with Crippen LogP contribution in [0, 0.1) is 6.92 Å². The Morgan fingerprint density at radius 2 is 2.23 bits per heavy atom. The van der Waals surface area contributed by atoms with Gasteiger partial charge in [0, 0.05) is 4.47 Å². The Morgan fingerprint density at radius 1 is 1.62 bits per heavy atom. The van der Waals surface area contributed by atoms with Crippen LogP contribution in [0.4, 0.5) is 5.69 Å². The number of anilines is 1. The van der Waals surface area contributed by atoms with Gasteiger partial charge in [0.05, 0.1) is 11.3 Å². The minimum absolute atomic E-state index is 0.170. The molecule has 1 aromatic rings. The Kier molecular flexibility index (Phi) is 2.90. The average molecular weight is 245 g/mol. The molecule has 1 rings (SSSR count). The van der Waals surface area contributed by atoms with Gasteiger partial charge in [-0.1, -0.05) is 15.9 Å². The third-order valence-electron chi connectivity index (χ3n) is 1.68. The number of hydrogen-bond acceptors (Lipinski definition) is 3. The van der Waals surface area contributed by atoms with Crippen molar-refractivity contribution in [1.82, 2.24) is 0 Å². The predicted molar refractivity (Wildman–Crippen MR) is 53.6 cm³/mol. The average Bonchev–Trinajstić information content (AvgIpc) is 2.08. The van der Waals surface area contributed by atoms with E-state index < -0.39 is 5.97 Å². The summed E-state index contributed by atoms with van der Waals surface area (Å²) >= 11 is 3.28. The quantitative estimate of drug-likeness (QED) is 0.548. The van der Waals surface area contributed by atoms with Crippen molar-refractivity contribution in [2.75, 3.05) is 5.43 Å². The van der Waals surface area contributed by atoms with Gasteiger partial charge in [0.15, 0.2) is 0 Å². The first-order chi connectivity index (χ1) is 6.06. The molecule has 0 bridgehead atoms. The van der Waals surface area contributed by atoms with Crippen molar-refractivity contribution in [2.45, 2.75) is 6.92 Å². The molecule has 0 radical (unpaired) electrons. The smallest absolute Gasteiger partial charge is 0.337 e. The van der Waals surface area contributed by atoms with Gasteiger partial charge in [0.1, 0.15) is 0 Å². The lowest BCUT2D eigenvalue weighted by Gasteiger charge is -2.07. The molecule has 70 valence electrons. The van der Waals surface area contributed by atoms with Crippen LogP contribution in [0.15, 0.2) is 16.6 Å². The van der Waals surface area contributed by atoms with Gasteiger partial charge in [-0.15, -0.1) is 0 Å². The van der Waals surface area contributed by atoms with Gasteiger partial charge in [0.25, 0.3) is 0 Å². The number of hydrazine groups is 1. The number of nitrogens with two attached hydrogens (primary N) is 1. The summed E-state index contributed by atoms with van der Waals surface area (Å²) in [6.07, 6.45) is 0. The van der Waals surface area contributed by atoms with Crippen molar-refractivity contribution in [3.8, 4) is 0 Å². The Morgan fingerprint density at radius 3 is 2.69 bits per heavy atom. The van der Waals surface area contributed by atoms with Crippen molar-refractivity contribution in [3.63, 3.8) is 0 Å². The van der Waals surface area contributed by atoms with Gasteiger partial charge in [0.2, 0.25) is 0 Å². The molecule has 0 fully saturated rings. The molecule has 0 aliphatic rings. The third kappa shape index (κ3) is 1.99. The Balaban J connectivity index is 3.33. The van der Waals surface area contributed by atoms with Crippen LogP contribution in [0.25, 0.3) is 0 Å². The highest BCUT2D eigenvalue weighted by Crippen LogP contribution is 2.24. The van der Waals surface area contributed by atoms with Gasteiger partial charge in [-0.25, -0.2) is 4.79 Å².